The second kappa shape index (κ2) is 11.2. The van der Waals surface area contributed by atoms with Gasteiger partial charge in [-0.05, 0) is 56.7 Å². The molecule has 0 saturated heterocycles. The number of ether oxygens (including phenoxy) is 4. The number of methoxy groups -OCH3 is 2. The van der Waals surface area contributed by atoms with E-state index in [4.69, 9.17) is 30.5 Å². The Balaban J connectivity index is 1.94. The second-order valence-electron chi connectivity index (χ2n) is 8.03. The number of esters is 1. The molecule has 0 spiro atoms. The zero-order valence-electron chi connectivity index (χ0n) is 21.2. The van der Waals surface area contributed by atoms with Gasteiger partial charge in [0.05, 0.1) is 48.3 Å². The summed E-state index contributed by atoms with van der Waals surface area (Å²) in [7, 11) is 3.08. The zero-order chi connectivity index (χ0) is 26.7. The lowest BCUT2D eigenvalue weighted by molar-refractivity contribution is -0.139. The number of aromatic nitrogens is 1. The minimum atomic E-state index is -0.803. The molecule has 2 heterocycles. The number of rotatable bonds is 8. The Morgan fingerprint density at radius 1 is 1.11 bits per heavy atom. The summed E-state index contributed by atoms with van der Waals surface area (Å²) in [4.78, 5) is 32.0. The van der Waals surface area contributed by atoms with E-state index in [0.29, 0.717) is 49.5 Å². The van der Waals surface area contributed by atoms with Crippen molar-refractivity contribution < 1.29 is 23.7 Å². The molecule has 0 bridgehead atoms. The van der Waals surface area contributed by atoms with Gasteiger partial charge in [-0.2, -0.15) is 0 Å². The molecule has 0 radical (unpaired) electrons. The molecule has 0 aliphatic carbocycles. The standard InChI is InChI=1S/C27H27ClN2O6S/c1-6-35-20-11-8-16(12-19(20)28)13-22-25(31)30-24(18-10-9-17(33-4)14-21(18)34-5)23(26(32)36-7-2)15(3)29-27(30)37-22/h8-14,24H,6-7H2,1-5H3/b22-13-/t24-/m0/s1. The molecule has 1 aliphatic heterocycles. The van der Waals surface area contributed by atoms with E-state index >= 15 is 0 Å². The number of hydrogen-bond acceptors (Lipinski definition) is 8. The minimum absolute atomic E-state index is 0.186. The molecule has 0 fully saturated rings. The van der Waals surface area contributed by atoms with Crippen molar-refractivity contribution in [1.29, 1.82) is 0 Å². The first-order chi connectivity index (χ1) is 17.8. The summed E-state index contributed by atoms with van der Waals surface area (Å²) < 4.78 is 23.8. The zero-order valence-corrected chi connectivity index (χ0v) is 22.7. The molecule has 10 heteroatoms. The third-order valence-electron chi connectivity index (χ3n) is 5.81. The van der Waals surface area contributed by atoms with Crippen LogP contribution in [-0.2, 0) is 9.53 Å². The topological polar surface area (TPSA) is 88.4 Å². The van der Waals surface area contributed by atoms with Crippen molar-refractivity contribution in [2.24, 2.45) is 4.99 Å². The van der Waals surface area contributed by atoms with Gasteiger partial charge in [-0.3, -0.25) is 9.36 Å². The summed E-state index contributed by atoms with van der Waals surface area (Å²) in [6.45, 7) is 6.03. The summed E-state index contributed by atoms with van der Waals surface area (Å²) in [6, 6.07) is 9.78. The van der Waals surface area contributed by atoms with Crippen LogP contribution in [0, 0.1) is 0 Å². The Labute approximate surface area is 223 Å². The Hall–Kier alpha value is -3.56. The van der Waals surface area contributed by atoms with Crippen LogP contribution in [0.5, 0.6) is 17.2 Å². The number of fused-ring (bicyclic) bond motifs is 1. The summed E-state index contributed by atoms with van der Waals surface area (Å²) >= 11 is 7.58. The number of carbonyl (C=O) groups excluding carboxylic acids is 1. The fourth-order valence-electron chi connectivity index (χ4n) is 4.16. The van der Waals surface area contributed by atoms with Gasteiger partial charge in [-0.25, -0.2) is 9.79 Å². The van der Waals surface area contributed by atoms with Gasteiger partial charge >= 0.3 is 5.97 Å². The minimum Gasteiger partial charge on any atom is -0.497 e. The normalized spacial score (nSPS) is 15.2. The number of benzene rings is 2. The smallest absolute Gasteiger partial charge is 0.338 e. The predicted octanol–water partition coefficient (Wildman–Crippen LogP) is 3.87. The highest BCUT2D eigenvalue weighted by atomic mass is 35.5. The molecular weight excluding hydrogens is 516 g/mol. The van der Waals surface area contributed by atoms with Crippen molar-refractivity contribution in [1.82, 2.24) is 4.57 Å². The average molecular weight is 543 g/mol. The Morgan fingerprint density at radius 3 is 2.54 bits per heavy atom. The van der Waals surface area contributed by atoms with Crippen molar-refractivity contribution in [2.45, 2.75) is 26.8 Å². The average Bonchev–Trinajstić information content (AvgIpc) is 3.18. The van der Waals surface area contributed by atoms with E-state index < -0.39 is 12.0 Å². The van der Waals surface area contributed by atoms with Crippen LogP contribution < -0.4 is 29.1 Å². The summed E-state index contributed by atoms with van der Waals surface area (Å²) in [5.74, 6) is 1.08. The van der Waals surface area contributed by atoms with Crippen LogP contribution in [0.25, 0.3) is 6.08 Å². The molecule has 4 rings (SSSR count). The van der Waals surface area contributed by atoms with E-state index in [1.165, 1.54) is 23.0 Å². The molecule has 0 N–H and O–H groups in total. The first-order valence-corrected chi connectivity index (χ1v) is 12.9. The lowest BCUT2D eigenvalue weighted by Crippen LogP contribution is -2.40. The van der Waals surface area contributed by atoms with E-state index in [0.717, 1.165) is 5.56 Å². The lowest BCUT2D eigenvalue weighted by Gasteiger charge is -2.26. The van der Waals surface area contributed by atoms with Crippen molar-refractivity contribution >= 4 is 35.0 Å². The summed E-state index contributed by atoms with van der Waals surface area (Å²) in [6.07, 6.45) is 1.75. The van der Waals surface area contributed by atoms with Gasteiger partial charge in [-0.1, -0.05) is 29.0 Å². The molecule has 1 aliphatic rings. The molecule has 194 valence electrons. The van der Waals surface area contributed by atoms with Crippen molar-refractivity contribution in [3.8, 4) is 17.2 Å². The van der Waals surface area contributed by atoms with Gasteiger partial charge in [0.1, 0.15) is 23.3 Å². The maximum Gasteiger partial charge on any atom is 0.338 e. The maximum absolute atomic E-state index is 13.8. The van der Waals surface area contributed by atoms with Crippen LogP contribution in [-0.4, -0.2) is 38.0 Å². The highest BCUT2D eigenvalue weighted by Crippen LogP contribution is 2.37. The van der Waals surface area contributed by atoms with Crippen LogP contribution in [0.4, 0.5) is 0 Å². The molecule has 1 aromatic heterocycles. The van der Waals surface area contributed by atoms with Gasteiger partial charge in [0.2, 0.25) is 0 Å². The first-order valence-electron chi connectivity index (χ1n) is 11.7. The molecule has 0 saturated carbocycles. The number of carbonyl (C=O) groups is 1. The monoisotopic (exact) mass is 542 g/mol. The molecule has 37 heavy (non-hydrogen) atoms. The van der Waals surface area contributed by atoms with Crippen LogP contribution in [0.2, 0.25) is 5.02 Å². The fourth-order valence-corrected chi connectivity index (χ4v) is 5.45. The Kier molecular flexibility index (Phi) is 8.04. The molecule has 2 aromatic carbocycles. The van der Waals surface area contributed by atoms with Crippen LogP contribution >= 0.6 is 22.9 Å². The number of hydrogen-bond donors (Lipinski definition) is 0. The van der Waals surface area contributed by atoms with Crippen molar-refractivity contribution in [3.63, 3.8) is 0 Å². The summed E-state index contributed by atoms with van der Waals surface area (Å²) in [5.41, 5.74) is 1.79. The van der Waals surface area contributed by atoms with E-state index in [1.54, 1.807) is 57.4 Å². The third-order valence-corrected chi connectivity index (χ3v) is 7.08. The van der Waals surface area contributed by atoms with E-state index in [-0.39, 0.29) is 17.7 Å². The van der Waals surface area contributed by atoms with Gasteiger partial charge in [0.25, 0.3) is 5.56 Å². The van der Waals surface area contributed by atoms with E-state index in [9.17, 15) is 9.59 Å². The van der Waals surface area contributed by atoms with Gasteiger partial charge < -0.3 is 18.9 Å². The van der Waals surface area contributed by atoms with E-state index in [2.05, 4.69) is 4.99 Å². The van der Waals surface area contributed by atoms with Crippen LogP contribution in [0.15, 0.2) is 57.5 Å². The molecule has 1 atom stereocenters. The SMILES string of the molecule is CCOC(=O)C1=C(C)N=c2s/c(=C\c3ccc(OCC)c(Cl)c3)c(=O)n2[C@H]1c1ccc(OC)cc1OC. The third kappa shape index (κ3) is 5.14. The molecular formula is C27H27ClN2O6S. The number of thiazole rings is 1. The molecule has 8 nitrogen and oxygen atoms in total. The maximum atomic E-state index is 13.8. The van der Waals surface area contributed by atoms with Gasteiger partial charge in [-0.15, -0.1) is 0 Å². The Bertz CT molecular complexity index is 1560. The molecule has 0 unspecified atom stereocenters. The van der Waals surface area contributed by atoms with Crippen molar-refractivity contribution in [2.75, 3.05) is 27.4 Å². The van der Waals surface area contributed by atoms with Gasteiger partial charge in [0.15, 0.2) is 4.80 Å². The molecule has 3 aromatic rings. The van der Waals surface area contributed by atoms with Crippen LogP contribution in [0.3, 0.4) is 0 Å². The lowest BCUT2D eigenvalue weighted by atomic mass is 9.95. The predicted molar refractivity (Wildman–Crippen MR) is 143 cm³/mol. The number of allylic oxidation sites excluding steroid dienone is 1. The highest BCUT2D eigenvalue weighted by Gasteiger charge is 2.35. The number of nitrogens with zero attached hydrogens (tertiary/aromatic N) is 2. The quantitative estimate of drug-likeness (QED) is 0.402. The van der Waals surface area contributed by atoms with Crippen LogP contribution in [0.1, 0.15) is 37.9 Å². The molecule has 0 amide bonds. The van der Waals surface area contributed by atoms with Crippen molar-refractivity contribution in [3.05, 3.63) is 83.5 Å². The van der Waals surface area contributed by atoms with E-state index in [1.807, 2.05) is 13.0 Å². The number of halogens is 1. The Morgan fingerprint density at radius 2 is 1.89 bits per heavy atom. The summed E-state index contributed by atoms with van der Waals surface area (Å²) in [5, 5.41) is 0.449. The largest absolute Gasteiger partial charge is 0.497 e. The van der Waals surface area contributed by atoms with Gasteiger partial charge in [0, 0.05) is 11.6 Å². The first kappa shape index (κ1) is 26.5. The second-order valence-corrected chi connectivity index (χ2v) is 9.45. The fraction of sp³-hybridized carbons (Fsp3) is 0.296. The highest BCUT2D eigenvalue weighted by molar-refractivity contribution is 7.07.